The van der Waals surface area contributed by atoms with E-state index in [1.165, 1.54) is 36.9 Å². The second kappa shape index (κ2) is 6.21. The molecule has 1 aromatic rings. The molecule has 2 aliphatic heterocycles. The number of amides is 1. The number of carbonyl (C=O) groups excluding carboxylic acids is 1. The zero-order chi connectivity index (χ0) is 14.3. The first-order valence-electron chi connectivity index (χ1n) is 8.39. The minimum atomic E-state index is 0. The molecule has 0 aromatic heterocycles. The molecule has 0 radical (unpaired) electrons. The summed E-state index contributed by atoms with van der Waals surface area (Å²) in [6.07, 6.45) is 6.74. The highest BCUT2D eigenvalue weighted by Gasteiger charge is 2.52. The Bertz CT molecular complexity index is 550. The van der Waals surface area contributed by atoms with Crippen LogP contribution in [-0.2, 0) is 10.2 Å². The van der Waals surface area contributed by atoms with E-state index in [-0.39, 0.29) is 12.4 Å². The number of nitrogens with one attached hydrogen (secondary N) is 1. The Kier molecular flexibility index (Phi) is 4.47. The van der Waals surface area contributed by atoms with Gasteiger partial charge >= 0.3 is 0 Å². The van der Waals surface area contributed by atoms with Gasteiger partial charge in [0.15, 0.2) is 0 Å². The van der Waals surface area contributed by atoms with Crippen LogP contribution in [0.15, 0.2) is 24.3 Å². The minimum Gasteiger partial charge on any atom is -0.317 e. The summed E-state index contributed by atoms with van der Waals surface area (Å²) in [5, 5.41) is 3.39. The first-order valence-corrected chi connectivity index (χ1v) is 8.39. The normalized spacial score (nSPS) is 22.3. The van der Waals surface area contributed by atoms with E-state index in [2.05, 4.69) is 34.5 Å². The number of piperidine rings is 1. The van der Waals surface area contributed by atoms with Gasteiger partial charge in [0.05, 0.1) is 0 Å². The predicted octanol–water partition coefficient (Wildman–Crippen LogP) is 3.27. The Morgan fingerprint density at radius 3 is 2.68 bits per heavy atom. The SMILES string of the molecule is Cl.O=C(CCC1CCNCC1)N1CC2(CC2)c2ccccc21. The topological polar surface area (TPSA) is 32.3 Å². The number of anilines is 1. The molecule has 1 saturated heterocycles. The fraction of sp³-hybridized carbons (Fsp3) is 0.611. The highest BCUT2D eigenvalue weighted by Crippen LogP contribution is 2.56. The molecule has 1 N–H and O–H groups in total. The van der Waals surface area contributed by atoms with Crippen LogP contribution in [0.1, 0.15) is 44.1 Å². The molecule has 1 spiro atoms. The lowest BCUT2D eigenvalue weighted by Crippen LogP contribution is -2.33. The van der Waals surface area contributed by atoms with Gasteiger partial charge in [-0.3, -0.25) is 4.79 Å². The maximum Gasteiger partial charge on any atom is 0.227 e. The van der Waals surface area contributed by atoms with Gasteiger partial charge in [-0.15, -0.1) is 12.4 Å². The van der Waals surface area contributed by atoms with Gasteiger partial charge in [-0.05, 0) is 62.7 Å². The molecule has 2 fully saturated rings. The lowest BCUT2D eigenvalue weighted by molar-refractivity contribution is -0.118. The van der Waals surface area contributed by atoms with Crippen molar-refractivity contribution in [1.29, 1.82) is 0 Å². The Hall–Kier alpha value is -1.06. The molecular formula is C18H25ClN2O. The van der Waals surface area contributed by atoms with Crippen molar-refractivity contribution in [3.63, 3.8) is 0 Å². The molecule has 0 atom stereocenters. The van der Waals surface area contributed by atoms with Gasteiger partial charge in [0, 0.05) is 24.1 Å². The molecule has 120 valence electrons. The van der Waals surface area contributed by atoms with Crippen LogP contribution >= 0.6 is 12.4 Å². The fourth-order valence-corrected chi connectivity index (χ4v) is 4.06. The summed E-state index contributed by atoms with van der Waals surface area (Å²) in [6, 6.07) is 8.53. The Morgan fingerprint density at radius 1 is 1.23 bits per heavy atom. The fourth-order valence-electron chi connectivity index (χ4n) is 4.06. The molecule has 1 amide bonds. The van der Waals surface area contributed by atoms with E-state index >= 15 is 0 Å². The molecular weight excluding hydrogens is 296 g/mol. The van der Waals surface area contributed by atoms with Gasteiger partial charge in [-0.25, -0.2) is 0 Å². The highest BCUT2D eigenvalue weighted by molar-refractivity contribution is 5.96. The first-order chi connectivity index (χ1) is 10.3. The van der Waals surface area contributed by atoms with E-state index in [4.69, 9.17) is 0 Å². The summed E-state index contributed by atoms with van der Waals surface area (Å²) < 4.78 is 0. The second-order valence-corrected chi connectivity index (χ2v) is 7.01. The Morgan fingerprint density at radius 2 is 1.95 bits per heavy atom. The van der Waals surface area contributed by atoms with Crippen molar-refractivity contribution in [3.8, 4) is 0 Å². The molecule has 4 rings (SSSR count). The van der Waals surface area contributed by atoms with Crippen LogP contribution in [0.4, 0.5) is 5.69 Å². The molecule has 3 nitrogen and oxygen atoms in total. The molecule has 22 heavy (non-hydrogen) atoms. The standard InChI is InChI=1S/C18H24N2O.ClH/c21-17(6-5-14-7-11-19-12-8-14)20-13-18(9-10-18)15-3-1-2-4-16(15)20;/h1-4,14,19H,5-13H2;1H. The minimum absolute atomic E-state index is 0. The monoisotopic (exact) mass is 320 g/mol. The molecule has 3 aliphatic rings. The maximum absolute atomic E-state index is 12.7. The zero-order valence-electron chi connectivity index (χ0n) is 13.0. The summed E-state index contributed by atoms with van der Waals surface area (Å²) >= 11 is 0. The van der Waals surface area contributed by atoms with Crippen LogP contribution in [0, 0.1) is 5.92 Å². The van der Waals surface area contributed by atoms with Crippen LogP contribution in [0.5, 0.6) is 0 Å². The summed E-state index contributed by atoms with van der Waals surface area (Å²) in [5.74, 6) is 1.08. The van der Waals surface area contributed by atoms with Gasteiger partial charge < -0.3 is 10.2 Å². The molecule has 2 heterocycles. The van der Waals surface area contributed by atoms with Crippen LogP contribution in [0.25, 0.3) is 0 Å². The summed E-state index contributed by atoms with van der Waals surface area (Å²) in [5.41, 5.74) is 2.92. The van der Waals surface area contributed by atoms with E-state index in [1.807, 2.05) is 0 Å². The van der Waals surface area contributed by atoms with E-state index in [0.717, 1.165) is 38.4 Å². The number of fused-ring (bicyclic) bond motifs is 2. The van der Waals surface area contributed by atoms with Gasteiger partial charge in [0.25, 0.3) is 0 Å². The molecule has 1 aromatic carbocycles. The molecule has 0 unspecified atom stereocenters. The van der Waals surface area contributed by atoms with E-state index in [9.17, 15) is 4.79 Å². The Labute approximate surface area is 138 Å². The van der Waals surface area contributed by atoms with Crippen LogP contribution in [0.3, 0.4) is 0 Å². The third kappa shape index (κ3) is 2.77. The smallest absolute Gasteiger partial charge is 0.227 e. The van der Waals surface area contributed by atoms with Crippen molar-refractivity contribution in [2.45, 2.75) is 43.9 Å². The number of para-hydroxylation sites is 1. The van der Waals surface area contributed by atoms with Crippen LogP contribution in [-0.4, -0.2) is 25.5 Å². The van der Waals surface area contributed by atoms with E-state index in [1.54, 1.807) is 0 Å². The van der Waals surface area contributed by atoms with Crippen molar-refractivity contribution in [2.24, 2.45) is 5.92 Å². The average Bonchev–Trinajstić information content (AvgIpc) is 3.24. The van der Waals surface area contributed by atoms with Crippen molar-refractivity contribution in [3.05, 3.63) is 29.8 Å². The predicted molar refractivity (Wildman–Crippen MR) is 91.8 cm³/mol. The van der Waals surface area contributed by atoms with Gasteiger partial charge in [0.2, 0.25) is 5.91 Å². The maximum atomic E-state index is 12.7. The lowest BCUT2D eigenvalue weighted by atomic mass is 9.93. The Balaban J connectivity index is 0.00000144. The zero-order valence-corrected chi connectivity index (χ0v) is 13.8. The number of rotatable bonds is 3. The van der Waals surface area contributed by atoms with Crippen molar-refractivity contribution >= 4 is 24.0 Å². The van der Waals surface area contributed by atoms with Gasteiger partial charge in [-0.1, -0.05) is 18.2 Å². The van der Waals surface area contributed by atoms with Crippen molar-refractivity contribution in [1.82, 2.24) is 5.32 Å². The quantitative estimate of drug-likeness (QED) is 0.927. The van der Waals surface area contributed by atoms with Gasteiger partial charge in [-0.2, -0.15) is 0 Å². The number of halogens is 1. The first kappa shape index (κ1) is 15.8. The molecule has 0 bridgehead atoms. The third-order valence-corrected chi connectivity index (χ3v) is 5.61. The third-order valence-electron chi connectivity index (χ3n) is 5.61. The lowest BCUT2D eigenvalue weighted by Gasteiger charge is -2.24. The summed E-state index contributed by atoms with van der Waals surface area (Å²) in [4.78, 5) is 14.7. The number of benzene rings is 1. The summed E-state index contributed by atoms with van der Waals surface area (Å²) in [6.45, 7) is 3.17. The highest BCUT2D eigenvalue weighted by atomic mass is 35.5. The second-order valence-electron chi connectivity index (χ2n) is 7.01. The average molecular weight is 321 g/mol. The number of hydrogen-bond donors (Lipinski definition) is 1. The van der Waals surface area contributed by atoms with E-state index in [0.29, 0.717) is 11.3 Å². The molecule has 1 saturated carbocycles. The van der Waals surface area contributed by atoms with Crippen LogP contribution in [0.2, 0.25) is 0 Å². The largest absolute Gasteiger partial charge is 0.317 e. The number of nitrogens with zero attached hydrogens (tertiary/aromatic N) is 1. The summed E-state index contributed by atoms with van der Waals surface area (Å²) in [7, 11) is 0. The number of hydrogen-bond acceptors (Lipinski definition) is 2. The van der Waals surface area contributed by atoms with E-state index < -0.39 is 0 Å². The number of carbonyl (C=O) groups is 1. The molecule has 1 aliphatic carbocycles. The molecule has 4 heteroatoms. The van der Waals surface area contributed by atoms with Crippen molar-refractivity contribution in [2.75, 3.05) is 24.5 Å². The van der Waals surface area contributed by atoms with Crippen molar-refractivity contribution < 1.29 is 4.79 Å². The van der Waals surface area contributed by atoms with Crippen LogP contribution < -0.4 is 10.2 Å². The van der Waals surface area contributed by atoms with Gasteiger partial charge in [0.1, 0.15) is 0 Å².